The smallest absolute Gasteiger partial charge is 0.361 e. The van der Waals surface area contributed by atoms with Crippen LogP contribution in [0, 0.1) is 13.8 Å². The normalized spacial score (nSPS) is 11.5. The number of aromatic nitrogens is 1. The van der Waals surface area contributed by atoms with Crippen molar-refractivity contribution in [2.24, 2.45) is 0 Å². The van der Waals surface area contributed by atoms with E-state index in [0.29, 0.717) is 17.0 Å². The Hall–Kier alpha value is -1.83. The van der Waals surface area contributed by atoms with E-state index in [9.17, 15) is 18.0 Å². The molecule has 1 aromatic carbocycles. The number of aryl methyl sites for hydroxylation is 2. The van der Waals surface area contributed by atoms with Gasteiger partial charge in [0, 0.05) is 15.7 Å². The lowest BCUT2D eigenvalue weighted by Crippen LogP contribution is -2.16. The van der Waals surface area contributed by atoms with E-state index in [1.54, 1.807) is 13.8 Å². The first-order valence-corrected chi connectivity index (χ1v) is 7.06. The molecule has 4 nitrogen and oxygen atoms in total. The highest BCUT2D eigenvalue weighted by molar-refractivity contribution is 9.10. The fourth-order valence-electron chi connectivity index (χ4n) is 1.94. The summed E-state index contributed by atoms with van der Waals surface area (Å²) in [5.41, 5.74) is 0.444. The maximum absolute atomic E-state index is 12.8. The number of rotatable bonds is 3. The van der Waals surface area contributed by atoms with Gasteiger partial charge in [-0.05, 0) is 32.0 Å². The second kappa shape index (κ2) is 6.12. The highest BCUT2D eigenvalue weighted by Gasteiger charge is 2.33. The van der Waals surface area contributed by atoms with E-state index in [1.165, 1.54) is 12.1 Å². The molecule has 1 aromatic heterocycles. The van der Waals surface area contributed by atoms with Crippen LogP contribution in [-0.2, 0) is 17.4 Å². The van der Waals surface area contributed by atoms with E-state index in [4.69, 9.17) is 4.52 Å². The van der Waals surface area contributed by atoms with Crippen LogP contribution >= 0.6 is 15.9 Å². The van der Waals surface area contributed by atoms with E-state index < -0.39 is 17.6 Å². The van der Waals surface area contributed by atoms with E-state index in [-0.39, 0.29) is 16.6 Å². The summed E-state index contributed by atoms with van der Waals surface area (Å²) in [6.07, 6.45) is -4.51. The first-order chi connectivity index (χ1) is 10.2. The topological polar surface area (TPSA) is 55.1 Å². The van der Waals surface area contributed by atoms with Crippen LogP contribution in [0.5, 0.6) is 0 Å². The standard InChI is InChI=1S/C14H12BrF3N2O2/c1-7-10(8(2)22-20-7)6-13(21)19-9-3-4-12(15)11(5-9)14(16,17)18/h3-5H,6H2,1-2H3,(H,19,21). The lowest BCUT2D eigenvalue weighted by Gasteiger charge is -2.12. The fraction of sp³-hybridized carbons (Fsp3) is 0.286. The molecule has 0 saturated heterocycles. The molecule has 1 heterocycles. The van der Waals surface area contributed by atoms with Crippen molar-refractivity contribution >= 4 is 27.5 Å². The molecule has 8 heteroatoms. The van der Waals surface area contributed by atoms with Crippen LogP contribution in [0.15, 0.2) is 27.2 Å². The highest BCUT2D eigenvalue weighted by Crippen LogP contribution is 2.36. The van der Waals surface area contributed by atoms with Gasteiger partial charge in [0.15, 0.2) is 0 Å². The van der Waals surface area contributed by atoms with Gasteiger partial charge in [-0.1, -0.05) is 21.1 Å². The van der Waals surface area contributed by atoms with Gasteiger partial charge in [-0.25, -0.2) is 0 Å². The average molecular weight is 377 g/mol. The number of hydrogen-bond donors (Lipinski definition) is 1. The van der Waals surface area contributed by atoms with E-state index in [0.717, 1.165) is 6.07 Å². The molecule has 1 amide bonds. The van der Waals surface area contributed by atoms with Crippen LogP contribution < -0.4 is 5.32 Å². The van der Waals surface area contributed by atoms with Gasteiger partial charge in [-0.2, -0.15) is 13.2 Å². The Kier molecular flexibility index (Phi) is 4.60. The van der Waals surface area contributed by atoms with Crippen molar-refractivity contribution in [3.8, 4) is 0 Å². The Bertz CT molecular complexity index is 691. The largest absolute Gasteiger partial charge is 0.417 e. The third kappa shape index (κ3) is 3.68. The zero-order valence-electron chi connectivity index (χ0n) is 11.7. The summed E-state index contributed by atoms with van der Waals surface area (Å²) >= 11 is 2.85. The number of alkyl halides is 3. The Morgan fingerprint density at radius 3 is 2.59 bits per heavy atom. The number of nitrogens with zero attached hydrogens (tertiary/aromatic N) is 1. The minimum Gasteiger partial charge on any atom is -0.361 e. The highest BCUT2D eigenvalue weighted by atomic mass is 79.9. The van der Waals surface area contributed by atoms with Gasteiger partial charge in [-0.15, -0.1) is 0 Å². The molecular formula is C14H12BrF3N2O2. The Labute approximate surface area is 132 Å². The summed E-state index contributed by atoms with van der Waals surface area (Å²) < 4.78 is 43.3. The van der Waals surface area contributed by atoms with Gasteiger partial charge < -0.3 is 9.84 Å². The number of hydrogen-bond acceptors (Lipinski definition) is 3. The number of amides is 1. The van der Waals surface area contributed by atoms with Crippen molar-refractivity contribution in [2.75, 3.05) is 5.32 Å². The molecule has 118 valence electrons. The summed E-state index contributed by atoms with van der Waals surface area (Å²) in [6, 6.07) is 3.52. The molecule has 0 bridgehead atoms. The van der Waals surface area contributed by atoms with Gasteiger partial charge in [0.05, 0.1) is 17.7 Å². The predicted molar refractivity (Wildman–Crippen MR) is 77.5 cm³/mol. The molecule has 0 unspecified atom stereocenters. The molecule has 0 radical (unpaired) electrons. The van der Waals surface area contributed by atoms with Crippen LogP contribution in [0.3, 0.4) is 0 Å². The summed E-state index contributed by atoms with van der Waals surface area (Å²) in [4.78, 5) is 12.0. The second-order valence-electron chi connectivity index (χ2n) is 4.72. The first-order valence-electron chi connectivity index (χ1n) is 6.27. The van der Waals surface area contributed by atoms with Gasteiger partial charge in [0.25, 0.3) is 0 Å². The van der Waals surface area contributed by atoms with Crippen molar-refractivity contribution in [1.29, 1.82) is 0 Å². The number of benzene rings is 1. The van der Waals surface area contributed by atoms with E-state index in [2.05, 4.69) is 26.4 Å². The summed E-state index contributed by atoms with van der Waals surface area (Å²) in [5.74, 6) is 0.0734. The molecule has 0 saturated carbocycles. The number of carbonyl (C=O) groups is 1. The number of carbonyl (C=O) groups excluding carboxylic acids is 1. The second-order valence-corrected chi connectivity index (χ2v) is 5.57. The van der Waals surface area contributed by atoms with Gasteiger partial charge in [-0.3, -0.25) is 4.79 Å². The number of anilines is 1. The molecule has 0 atom stereocenters. The van der Waals surface area contributed by atoms with Crippen LogP contribution in [0.4, 0.5) is 18.9 Å². The molecule has 0 fully saturated rings. The molecule has 1 N–H and O–H groups in total. The molecule has 0 aliphatic rings. The summed E-state index contributed by atoms with van der Waals surface area (Å²) in [5, 5.41) is 6.17. The Morgan fingerprint density at radius 2 is 2.05 bits per heavy atom. The third-order valence-corrected chi connectivity index (χ3v) is 3.77. The zero-order chi connectivity index (χ0) is 16.5. The summed E-state index contributed by atoms with van der Waals surface area (Å²) in [7, 11) is 0. The van der Waals surface area contributed by atoms with E-state index >= 15 is 0 Å². The first kappa shape index (κ1) is 16.5. The Balaban J connectivity index is 2.16. The lowest BCUT2D eigenvalue weighted by atomic mass is 10.1. The monoisotopic (exact) mass is 376 g/mol. The predicted octanol–water partition coefficient (Wildman–Crippen LogP) is 4.25. The van der Waals surface area contributed by atoms with Gasteiger partial charge in [0.1, 0.15) is 5.76 Å². The third-order valence-electron chi connectivity index (χ3n) is 3.07. The number of halogens is 4. The minimum absolute atomic E-state index is 0.0153. The minimum atomic E-state index is -4.50. The molecule has 0 aliphatic heterocycles. The summed E-state index contributed by atoms with van der Waals surface area (Å²) in [6.45, 7) is 3.37. The molecule has 2 rings (SSSR count). The molecule has 2 aromatic rings. The zero-order valence-corrected chi connectivity index (χ0v) is 13.3. The average Bonchev–Trinajstić information content (AvgIpc) is 2.71. The van der Waals surface area contributed by atoms with Crippen molar-refractivity contribution in [3.05, 3.63) is 45.3 Å². The van der Waals surface area contributed by atoms with Crippen LogP contribution in [0.1, 0.15) is 22.6 Å². The lowest BCUT2D eigenvalue weighted by molar-refractivity contribution is -0.138. The molecule has 0 aliphatic carbocycles. The maximum atomic E-state index is 12.8. The molecule has 22 heavy (non-hydrogen) atoms. The molecule has 0 spiro atoms. The number of nitrogens with one attached hydrogen (secondary N) is 1. The van der Waals surface area contributed by atoms with Crippen molar-refractivity contribution in [2.45, 2.75) is 26.4 Å². The van der Waals surface area contributed by atoms with Crippen molar-refractivity contribution < 1.29 is 22.5 Å². The Morgan fingerprint density at radius 1 is 1.36 bits per heavy atom. The maximum Gasteiger partial charge on any atom is 0.417 e. The van der Waals surface area contributed by atoms with Crippen LogP contribution in [0.25, 0.3) is 0 Å². The van der Waals surface area contributed by atoms with Crippen LogP contribution in [-0.4, -0.2) is 11.1 Å². The van der Waals surface area contributed by atoms with Crippen molar-refractivity contribution in [3.63, 3.8) is 0 Å². The SMILES string of the molecule is Cc1noc(C)c1CC(=O)Nc1ccc(Br)c(C(F)(F)F)c1. The van der Waals surface area contributed by atoms with Crippen molar-refractivity contribution in [1.82, 2.24) is 5.16 Å². The fourth-order valence-corrected chi connectivity index (χ4v) is 2.41. The quantitative estimate of drug-likeness (QED) is 0.870. The van der Waals surface area contributed by atoms with Gasteiger partial charge in [0.2, 0.25) is 5.91 Å². The molecular weight excluding hydrogens is 365 g/mol. The van der Waals surface area contributed by atoms with Crippen LogP contribution in [0.2, 0.25) is 0 Å². The van der Waals surface area contributed by atoms with Gasteiger partial charge >= 0.3 is 6.18 Å². The van der Waals surface area contributed by atoms with E-state index in [1.807, 2.05) is 0 Å².